The SMILES string of the molecule is Cn1nc(Cc2ccccc2)c2c(N)nc(N)nc21. The zero-order chi connectivity index (χ0) is 13.4. The van der Waals surface area contributed by atoms with Crippen LogP contribution in [0.4, 0.5) is 11.8 Å². The zero-order valence-electron chi connectivity index (χ0n) is 10.5. The van der Waals surface area contributed by atoms with Crippen molar-refractivity contribution in [2.24, 2.45) is 7.05 Å². The minimum atomic E-state index is 0.166. The molecule has 1 aromatic carbocycles. The van der Waals surface area contributed by atoms with E-state index in [-0.39, 0.29) is 5.95 Å². The fourth-order valence-electron chi connectivity index (χ4n) is 2.19. The number of hydrogen-bond acceptors (Lipinski definition) is 5. The van der Waals surface area contributed by atoms with Gasteiger partial charge in [-0.25, -0.2) is 4.68 Å². The normalized spacial score (nSPS) is 11.0. The molecule has 3 rings (SSSR count). The van der Waals surface area contributed by atoms with E-state index < -0.39 is 0 Å². The topological polar surface area (TPSA) is 95.6 Å². The highest BCUT2D eigenvalue weighted by Gasteiger charge is 2.15. The van der Waals surface area contributed by atoms with E-state index in [2.05, 4.69) is 27.2 Å². The number of fused-ring (bicyclic) bond motifs is 1. The van der Waals surface area contributed by atoms with Crippen molar-refractivity contribution in [3.8, 4) is 0 Å². The van der Waals surface area contributed by atoms with Crippen molar-refractivity contribution in [2.75, 3.05) is 11.5 Å². The van der Waals surface area contributed by atoms with Crippen molar-refractivity contribution < 1.29 is 0 Å². The second kappa shape index (κ2) is 4.24. The van der Waals surface area contributed by atoms with Gasteiger partial charge in [0.2, 0.25) is 5.95 Å². The van der Waals surface area contributed by atoms with E-state index >= 15 is 0 Å². The fraction of sp³-hybridized carbons (Fsp3) is 0.154. The van der Waals surface area contributed by atoms with Crippen LogP contribution < -0.4 is 11.5 Å². The molecule has 6 heteroatoms. The van der Waals surface area contributed by atoms with Gasteiger partial charge in [-0.15, -0.1) is 0 Å². The Balaban J connectivity index is 2.15. The summed E-state index contributed by atoms with van der Waals surface area (Å²) in [7, 11) is 1.82. The Morgan fingerprint density at radius 2 is 1.84 bits per heavy atom. The van der Waals surface area contributed by atoms with Gasteiger partial charge in [-0.05, 0) is 5.56 Å². The number of benzene rings is 1. The van der Waals surface area contributed by atoms with Crippen molar-refractivity contribution in [3.63, 3.8) is 0 Å². The summed E-state index contributed by atoms with van der Waals surface area (Å²) in [5.74, 6) is 0.542. The first-order chi connectivity index (χ1) is 9.15. The highest BCUT2D eigenvalue weighted by atomic mass is 15.3. The summed E-state index contributed by atoms with van der Waals surface area (Å²) >= 11 is 0. The molecule has 0 aliphatic carbocycles. The average Bonchev–Trinajstić information content (AvgIpc) is 2.67. The Kier molecular flexibility index (Phi) is 2.56. The number of anilines is 2. The quantitative estimate of drug-likeness (QED) is 0.714. The summed E-state index contributed by atoms with van der Waals surface area (Å²) in [5, 5.41) is 5.24. The summed E-state index contributed by atoms with van der Waals surface area (Å²) in [6, 6.07) is 10.1. The maximum absolute atomic E-state index is 5.94. The standard InChI is InChI=1S/C13H14N6/c1-19-12-10(11(14)16-13(15)17-12)9(18-19)7-8-5-3-2-4-6-8/h2-6H,7H2,1H3,(H4,14,15,16,17). The molecule has 2 aromatic heterocycles. The predicted octanol–water partition coefficient (Wildman–Crippen LogP) is 1.12. The Morgan fingerprint density at radius 1 is 1.11 bits per heavy atom. The van der Waals surface area contributed by atoms with E-state index in [1.165, 1.54) is 5.56 Å². The van der Waals surface area contributed by atoms with Gasteiger partial charge in [-0.1, -0.05) is 30.3 Å². The second-order valence-electron chi connectivity index (χ2n) is 4.40. The lowest BCUT2D eigenvalue weighted by molar-refractivity contribution is 0.765. The van der Waals surface area contributed by atoms with Gasteiger partial charge in [0, 0.05) is 13.5 Å². The lowest BCUT2D eigenvalue weighted by Gasteiger charge is -2.01. The van der Waals surface area contributed by atoms with Crippen molar-refractivity contribution in [1.29, 1.82) is 0 Å². The van der Waals surface area contributed by atoms with Gasteiger partial charge in [0.15, 0.2) is 5.65 Å². The van der Waals surface area contributed by atoms with E-state index in [9.17, 15) is 0 Å². The largest absolute Gasteiger partial charge is 0.383 e. The minimum absolute atomic E-state index is 0.166. The molecule has 96 valence electrons. The fourth-order valence-corrected chi connectivity index (χ4v) is 2.19. The summed E-state index contributed by atoms with van der Waals surface area (Å²) in [5.41, 5.74) is 14.2. The summed E-state index contributed by atoms with van der Waals surface area (Å²) in [4.78, 5) is 8.19. The van der Waals surface area contributed by atoms with Crippen LogP contribution >= 0.6 is 0 Å². The van der Waals surface area contributed by atoms with Gasteiger partial charge in [-0.3, -0.25) is 0 Å². The Hall–Kier alpha value is -2.63. The van der Waals surface area contributed by atoms with Crippen LogP contribution in [0.1, 0.15) is 11.3 Å². The third kappa shape index (κ3) is 1.97. The van der Waals surface area contributed by atoms with Crippen LogP contribution in [-0.4, -0.2) is 19.7 Å². The van der Waals surface area contributed by atoms with E-state index in [1.54, 1.807) is 4.68 Å². The van der Waals surface area contributed by atoms with Crippen LogP contribution in [0.2, 0.25) is 0 Å². The van der Waals surface area contributed by atoms with Gasteiger partial charge < -0.3 is 11.5 Å². The summed E-state index contributed by atoms with van der Waals surface area (Å²) in [6.07, 6.45) is 0.690. The first kappa shape index (κ1) is 11.5. The first-order valence-corrected chi connectivity index (χ1v) is 5.93. The molecule has 0 spiro atoms. The molecular formula is C13H14N6. The maximum atomic E-state index is 5.94. The number of hydrogen-bond donors (Lipinski definition) is 2. The lowest BCUT2D eigenvalue weighted by atomic mass is 10.1. The average molecular weight is 254 g/mol. The van der Waals surface area contributed by atoms with Gasteiger partial charge in [0.1, 0.15) is 5.82 Å². The van der Waals surface area contributed by atoms with Crippen LogP contribution in [0.3, 0.4) is 0 Å². The number of nitrogens with two attached hydrogens (primary N) is 2. The van der Waals surface area contributed by atoms with Gasteiger partial charge in [-0.2, -0.15) is 15.1 Å². The highest BCUT2D eigenvalue weighted by Crippen LogP contribution is 2.24. The minimum Gasteiger partial charge on any atom is -0.383 e. The van der Waals surface area contributed by atoms with Crippen LogP contribution in [0.5, 0.6) is 0 Å². The van der Waals surface area contributed by atoms with Crippen LogP contribution in [0, 0.1) is 0 Å². The zero-order valence-corrected chi connectivity index (χ0v) is 10.5. The van der Waals surface area contributed by atoms with E-state index in [1.807, 2.05) is 25.2 Å². The van der Waals surface area contributed by atoms with E-state index in [0.29, 0.717) is 17.9 Å². The number of rotatable bonds is 2. The molecule has 2 heterocycles. The third-order valence-electron chi connectivity index (χ3n) is 3.02. The van der Waals surface area contributed by atoms with Crippen molar-refractivity contribution in [1.82, 2.24) is 19.7 Å². The number of aryl methyl sites for hydroxylation is 1. The lowest BCUT2D eigenvalue weighted by Crippen LogP contribution is -2.02. The van der Waals surface area contributed by atoms with Gasteiger partial charge in [0.25, 0.3) is 0 Å². The molecule has 3 aromatic rings. The van der Waals surface area contributed by atoms with Crippen molar-refractivity contribution in [3.05, 3.63) is 41.6 Å². The molecule has 0 amide bonds. The summed E-state index contributed by atoms with van der Waals surface area (Å²) in [6.45, 7) is 0. The number of aromatic nitrogens is 4. The van der Waals surface area contributed by atoms with Crippen molar-refractivity contribution >= 4 is 22.8 Å². The van der Waals surface area contributed by atoms with Crippen LogP contribution in [-0.2, 0) is 13.5 Å². The molecule has 0 unspecified atom stereocenters. The number of nitrogen functional groups attached to an aromatic ring is 2. The van der Waals surface area contributed by atoms with Crippen LogP contribution in [0.15, 0.2) is 30.3 Å². The maximum Gasteiger partial charge on any atom is 0.224 e. The molecule has 0 saturated heterocycles. The summed E-state index contributed by atoms with van der Waals surface area (Å²) < 4.78 is 1.68. The number of nitrogens with zero attached hydrogens (tertiary/aromatic N) is 4. The van der Waals surface area contributed by atoms with Crippen LogP contribution in [0.25, 0.3) is 11.0 Å². The molecule has 19 heavy (non-hydrogen) atoms. The molecule has 0 aliphatic rings. The van der Waals surface area contributed by atoms with Gasteiger partial charge in [0.05, 0.1) is 11.1 Å². The van der Waals surface area contributed by atoms with E-state index in [0.717, 1.165) is 11.1 Å². The smallest absolute Gasteiger partial charge is 0.224 e. The molecule has 0 radical (unpaired) electrons. The molecule has 0 saturated carbocycles. The Bertz CT molecular complexity index is 732. The molecular weight excluding hydrogens is 240 g/mol. The third-order valence-corrected chi connectivity index (χ3v) is 3.02. The molecule has 6 nitrogen and oxygen atoms in total. The monoisotopic (exact) mass is 254 g/mol. The van der Waals surface area contributed by atoms with Gasteiger partial charge >= 0.3 is 0 Å². The predicted molar refractivity (Wildman–Crippen MR) is 74.4 cm³/mol. The Morgan fingerprint density at radius 3 is 2.58 bits per heavy atom. The highest BCUT2D eigenvalue weighted by molar-refractivity contribution is 5.89. The molecule has 0 bridgehead atoms. The first-order valence-electron chi connectivity index (χ1n) is 5.93. The Labute approximate surface area is 110 Å². The molecule has 0 atom stereocenters. The second-order valence-corrected chi connectivity index (χ2v) is 4.40. The van der Waals surface area contributed by atoms with Crippen molar-refractivity contribution in [2.45, 2.75) is 6.42 Å². The molecule has 4 N–H and O–H groups in total. The molecule has 0 fully saturated rings. The molecule has 0 aliphatic heterocycles. The van der Waals surface area contributed by atoms with E-state index in [4.69, 9.17) is 11.5 Å².